The van der Waals surface area contributed by atoms with Gasteiger partial charge in [0.2, 0.25) is 0 Å². The van der Waals surface area contributed by atoms with Crippen molar-refractivity contribution in [2.24, 2.45) is 0 Å². The van der Waals surface area contributed by atoms with E-state index in [-0.39, 0.29) is 0 Å². The molecule has 0 unspecified atom stereocenters. The van der Waals surface area contributed by atoms with Crippen molar-refractivity contribution in [3.8, 4) is 0 Å². The second-order valence-electron chi connectivity index (χ2n) is 6.67. The quantitative estimate of drug-likeness (QED) is 0.803. The summed E-state index contributed by atoms with van der Waals surface area (Å²) in [4.78, 5) is 15.1. The van der Waals surface area contributed by atoms with Crippen LogP contribution in [0.15, 0.2) is 36.7 Å². The van der Waals surface area contributed by atoms with Crippen molar-refractivity contribution >= 4 is 10.9 Å². The van der Waals surface area contributed by atoms with E-state index in [1.165, 1.54) is 27.7 Å². The van der Waals surface area contributed by atoms with Gasteiger partial charge in [-0.05, 0) is 29.7 Å². The minimum atomic E-state index is 0.379. The molecule has 1 aromatic carbocycles. The van der Waals surface area contributed by atoms with Crippen molar-refractivity contribution in [3.63, 3.8) is 0 Å². The zero-order chi connectivity index (χ0) is 15.8. The lowest BCUT2D eigenvalue weighted by molar-refractivity contribution is 0.241. The molecule has 1 aliphatic rings. The number of aromatic nitrogens is 3. The highest BCUT2D eigenvalue weighted by Crippen LogP contribution is 2.23. The van der Waals surface area contributed by atoms with Crippen LogP contribution in [-0.4, -0.2) is 26.4 Å². The van der Waals surface area contributed by atoms with Gasteiger partial charge in [-0.25, -0.2) is 9.97 Å². The third-order valence-corrected chi connectivity index (χ3v) is 4.64. The Morgan fingerprint density at radius 3 is 3.04 bits per heavy atom. The smallest absolute Gasteiger partial charge is 0.131 e. The lowest BCUT2D eigenvalue weighted by Crippen LogP contribution is -2.31. The average molecular weight is 306 g/mol. The Labute approximate surface area is 136 Å². The first-order chi connectivity index (χ1) is 11.2. The van der Waals surface area contributed by atoms with Crippen molar-refractivity contribution in [3.05, 3.63) is 59.3 Å². The molecule has 4 heteroatoms. The van der Waals surface area contributed by atoms with Crippen LogP contribution in [0.25, 0.3) is 10.9 Å². The average Bonchev–Trinajstić information content (AvgIpc) is 3.04. The third kappa shape index (κ3) is 2.75. The van der Waals surface area contributed by atoms with Crippen LogP contribution in [0, 0.1) is 0 Å². The summed E-state index contributed by atoms with van der Waals surface area (Å²) in [7, 11) is 0. The van der Waals surface area contributed by atoms with Crippen molar-refractivity contribution < 1.29 is 0 Å². The molecular weight excluding hydrogens is 284 g/mol. The van der Waals surface area contributed by atoms with Gasteiger partial charge >= 0.3 is 0 Å². The maximum absolute atomic E-state index is 4.80. The van der Waals surface area contributed by atoms with Crippen molar-refractivity contribution in [1.82, 2.24) is 19.9 Å². The Balaban J connectivity index is 1.58. The Kier molecular flexibility index (Phi) is 3.62. The van der Waals surface area contributed by atoms with Crippen LogP contribution < -0.4 is 0 Å². The predicted molar refractivity (Wildman–Crippen MR) is 92.2 cm³/mol. The standard InChI is InChI=1S/C19H22N4/c1-13(2)19-21-10-14-7-9-23(12-18(14)22-19)11-15-4-3-5-17-16(15)6-8-20-17/h3-6,8,10,13,20H,7,9,11-12H2,1-2H3. The molecule has 0 atom stereocenters. The molecule has 0 fully saturated rings. The van der Waals surface area contributed by atoms with E-state index in [1.807, 2.05) is 12.4 Å². The molecule has 0 amide bonds. The highest BCUT2D eigenvalue weighted by atomic mass is 15.1. The molecule has 0 radical (unpaired) electrons. The number of rotatable bonds is 3. The van der Waals surface area contributed by atoms with E-state index in [0.717, 1.165) is 31.9 Å². The van der Waals surface area contributed by atoms with Gasteiger partial charge < -0.3 is 4.98 Å². The predicted octanol–water partition coefficient (Wildman–Crippen LogP) is 3.64. The SMILES string of the molecule is CC(C)c1ncc2c(n1)CN(Cc1cccc3[nH]ccc13)CC2. The van der Waals surface area contributed by atoms with E-state index < -0.39 is 0 Å². The molecule has 1 N–H and O–H groups in total. The second-order valence-corrected chi connectivity index (χ2v) is 6.67. The van der Waals surface area contributed by atoms with Crippen molar-refractivity contribution in [1.29, 1.82) is 0 Å². The van der Waals surface area contributed by atoms with Gasteiger partial charge in [-0.2, -0.15) is 0 Å². The Bertz CT molecular complexity index is 834. The molecule has 23 heavy (non-hydrogen) atoms. The van der Waals surface area contributed by atoms with Crippen LogP contribution in [0.2, 0.25) is 0 Å². The van der Waals surface area contributed by atoms with Crippen LogP contribution in [0.5, 0.6) is 0 Å². The number of H-pyrrole nitrogens is 1. The molecule has 1 aliphatic heterocycles. The largest absolute Gasteiger partial charge is 0.361 e. The topological polar surface area (TPSA) is 44.8 Å². The molecule has 118 valence electrons. The van der Waals surface area contributed by atoms with Crippen LogP contribution in [0.1, 0.15) is 42.4 Å². The number of hydrogen-bond acceptors (Lipinski definition) is 3. The molecule has 0 saturated carbocycles. The number of hydrogen-bond donors (Lipinski definition) is 1. The summed E-state index contributed by atoms with van der Waals surface area (Å²) in [6.45, 7) is 7.25. The minimum absolute atomic E-state index is 0.379. The first-order valence-corrected chi connectivity index (χ1v) is 8.33. The van der Waals surface area contributed by atoms with E-state index >= 15 is 0 Å². The van der Waals surface area contributed by atoms with Gasteiger partial charge in [0.1, 0.15) is 5.82 Å². The highest BCUT2D eigenvalue weighted by Gasteiger charge is 2.19. The van der Waals surface area contributed by atoms with Crippen LogP contribution in [-0.2, 0) is 19.5 Å². The maximum atomic E-state index is 4.80. The minimum Gasteiger partial charge on any atom is -0.361 e. The summed E-state index contributed by atoms with van der Waals surface area (Å²) in [6, 6.07) is 8.66. The number of nitrogens with zero attached hydrogens (tertiary/aromatic N) is 3. The van der Waals surface area contributed by atoms with Gasteiger partial charge in [-0.15, -0.1) is 0 Å². The van der Waals surface area contributed by atoms with Gasteiger partial charge in [0.25, 0.3) is 0 Å². The van der Waals surface area contributed by atoms with Gasteiger partial charge in [0, 0.05) is 48.8 Å². The zero-order valence-electron chi connectivity index (χ0n) is 13.7. The molecule has 0 spiro atoms. The number of fused-ring (bicyclic) bond motifs is 2. The molecular formula is C19H22N4. The van der Waals surface area contributed by atoms with Crippen LogP contribution >= 0.6 is 0 Å². The van der Waals surface area contributed by atoms with E-state index in [1.54, 1.807) is 0 Å². The van der Waals surface area contributed by atoms with Gasteiger partial charge in [-0.3, -0.25) is 4.90 Å². The molecule has 0 bridgehead atoms. The maximum Gasteiger partial charge on any atom is 0.131 e. The molecule has 4 rings (SSSR count). The first-order valence-electron chi connectivity index (χ1n) is 8.33. The summed E-state index contributed by atoms with van der Waals surface area (Å²) in [5.74, 6) is 1.34. The van der Waals surface area contributed by atoms with Crippen LogP contribution in [0.4, 0.5) is 0 Å². The number of benzene rings is 1. The number of nitrogens with one attached hydrogen (secondary N) is 1. The van der Waals surface area contributed by atoms with E-state index in [2.05, 4.69) is 53.0 Å². The molecule has 3 aromatic rings. The number of aromatic amines is 1. The monoisotopic (exact) mass is 306 g/mol. The van der Waals surface area contributed by atoms with E-state index in [4.69, 9.17) is 4.98 Å². The Hall–Kier alpha value is -2.20. The molecule has 4 nitrogen and oxygen atoms in total. The fraction of sp³-hybridized carbons (Fsp3) is 0.368. The second kappa shape index (κ2) is 5.78. The fourth-order valence-corrected chi connectivity index (χ4v) is 3.32. The van der Waals surface area contributed by atoms with Crippen LogP contribution in [0.3, 0.4) is 0 Å². The molecule has 0 aliphatic carbocycles. The van der Waals surface area contributed by atoms with Gasteiger partial charge in [0.15, 0.2) is 0 Å². The molecule has 0 saturated heterocycles. The summed E-state index contributed by atoms with van der Waals surface area (Å²) in [5.41, 5.74) is 5.11. The summed E-state index contributed by atoms with van der Waals surface area (Å²) < 4.78 is 0. The van der Waals surface area contributed by atoms with E-state index in [9.17, 15) is 0 Å². The summed E-state index contributed by atoms with van der Waals surface area (Å²) in [5, 5.41) is 1.32. The van der Waals surface area contributed by atoms with Gasteiger partial charge in [0.05, 0.1) is 5.69 Å². The lowest BCUT2D eigenvalue weighted by Gasteiger charge is -2.28. The normalized spacial score (nSPS) is 15.3. The van der Waals surface area contributed by atoms with Crippen molar-refractivity contribution in [2.75, 3.05) is 6.54 Å². The third-order valence-electron chi connectivity index (χ3n) is 4.64. The summed E-state index contributed by atoms with van der Waals surface area (Å²) in [6.07, 6.45) is 5.08. The zero-order valence-corrected chi connectivity index (χ0v) is 13.7. The summed E-state index contributed by atoms with van der Waals surface area (Å²) >= 11 is 0. The van der Waals surface area contributed by atoms with E-state index in [0.29, 0.717) is 5.92 Å². The highest BCUT2D eigenvalue weighted by molar-refractivity contribution is 5.82. The molecule has 2 aromatic heterocycles. The Morgan fingerprint density at radius 1 is 1.26 bits per heavy atom. The lowest BCUT2D eigenvalue weighted by atomic mass is 10.0. The molecule has 3 heterocycles. The van der Waals surface area contributed by atoms with Crippen molar-refractivity contribution in [2.45, 2.75) is 39.3 Å². The fourth-order valence-electron chi connectivity index (χ4n) is 3.32. The van der Waals surface area contributed by atoms with Gasteiger partial charge in [-0.1, -0.05) is 26.0 Å². The Morgan fingerprint density at radius 2 is 2.17 bits per heavy atom. The first kappa shape index (κ1) is 14.4.